The van der Waals surface area contributed by atoms with Gasteiger partial charge in [-0.25, -0.2) is 18.4 Å². The highest BCUT2D eigenvalue weighted by Gasteiger charge is 2.36. The summed E-state index contributed by atoms with van der Waals surface area (Å²) < 4.78 is 29.6. The number of piperazine rings is 1. The van der Waals surface area contributed by atoms with E-state index in [0.717, 1.165) is 38.8 Å². The molecule has 0 bridgehead atoms. The second kappa shape index (κ2) is 13.1. The molecule has 0 radical (unpaired) electrons. The summed E-state index contributed by atoms with van der Waals surface area (Å²) in [6, 6.07) is 3.34. The fraction of sp³-hybridized carbons (Fsp3) is 0.680. The lowest BCUT2D eigenvalue weighted by molar-refractivity contribution is -0.0319. The summed E-state index contributed by atoms with van der Waals surface area (Å²) >= 11 is 0. The summed E-state index contributed by atoms with van der Waals surface area (Å²) in [6.07, 6.45) is 13.4. The summed E-state index contributed by atoms with van der Waals surface area (Å²) in [7, 11) is 0. The normalized spacial score (nSPS) is 17.3. The van der Waals surface area contributed by atoms with Crippen LogP contribution in [0, 0.1) is 11.6 Å². The highest BCUT2D eigenvalue weighted by atomic mass is 19.1. The van der Waals surface area contributed by atoms with Gasteiger partial charge in [-0.1, -0.05) is 57.9 Å². The van der Waals surface area contributed by atoms with Crippen molar-refractivity contribution >= 4 is 0 Å². The first-order chi connectivity index (χ1) is 16.0. The molecule has 2 heterocycles. The van der Waals surface area contributed by atoms with Gasteiger partial charge in [-0.3, -0.25) is 4.90 Å². The molecule has 0 saturated carbocycles. The van der Waals surface area contributed by atoms with Crippen molar-refractivity contribution in [1.82, 2.24) is 24.6 Å². The molecule has 8 heteroatoms. The van der Waals surface area contributed by atoms with Crippen LogP contribution in [0.4, 0.5) is 8.78 Å². The van der Waals surface area contributed by atoms with Crippen molar-refractivity contribution in [3.8, 4) is 0 Å². The molecule has 0 amide bonds. The van der Waals surface area contributed by atoms with Gasteiger partial charge in [-0.05, 0) is 19.0 Å². The Balaban J connectivity index is 1.48. The second-order valence-electron chi connectivity index (χ2n) is 9.34. The zero-order valence-electron chi connectivity index (χ0n) is 19.9. The number of rotatable bonds is 14. The van der Waals surface area contributed by atoms with E-state index in [1.54, 1.807) is 0 Å². The zero-order valence-corrected chi connectivity index (χ0v) is 19.9. The fourth-order valence-electron chi connectivity index (χ4n) is 4.68. The Morgan fingerprint density at radius 3 is 2.21 bits per heavy atom. The van der Waals surface area contributed by atoms with Crippen LogP contribution in [0.25, 0.3) is 0 Å². The molecule has 1 aromatic heterocycles. The van der Waals surface area contributed by atoms with Crippen LogP contribution in [-0.4, -0.2) is 68.9 Å². The maximum Gasteiger partial charge on any atom is 0.137 e. The molecule has 1 aromatic carbocycles. The quantitative estimate of drug-likeness (QED) is 0.426. The van der Waals surface area contributed by atoms with E-state index in [-0.39, 0.29) is 18.7 Å². The summed E-state index contributed by atoms with van der Waals surface area (Å²) in [5.41, 5.74) is -1.45. The van der Waals surface area contributed by atoms with Gasteiger partial charge in [0.2, 0.25) is 0 Å². The zero-order chi connectivity index (χ0) is 23.5. The lowest BCUT2D eigenvalue weighted by atomic mass is 9.92. The molecule has 33 heavy (non-hydrogen) atoms. The molecule has 0 spiro atoms. The van der Waals surface area contributed by atoms with E-state index in [4.69, 9.17) is 0 Å². The summed E-state index contributed by atoms with van der Waals surface area (Å²) in [4.78, 5) is 8.55. The largest absolute Gasteiger partial charge is 0.382 e. The van der Waals surface area contributed by atoms with Gasteiger partial charge in [0.15, 0.2) is 0 Å². The predicted molar refractivity (Wildman–Crippen MR) is 126 cm³/mol. The van der Waals surface area contributed by atoms with Gasteiger partial charge in [-0.15, -0.1) is 0 Å². The average Bonchev–Trinajstić information content (AvgIpc) is 3.29. The third kappa shape index (κ3) is 8.12. The minimum Gasteiger partial charge on any atom is -0.382 e. The Hall–Kier alpha value is -1.90. The van der Waals surface area contributed by atoms with E-state index in [1.165, 1.54) is 80.8 Å². The van der Waals surface area contributed by atoms with Crippen LogP contribution in [0.3, 0.4) is 0 Å². The van der Waals surface area contributed by atoms with Crippen LogP contribution in [0.1, 0.15) is 63.9 Å². The van der Waals surface area contributed by atoms with Crippen molar-refractivity contribution in [2.24, 2.45) is 0 Å². The fourth-order valence-corrected chi connectivity index (χ4v) is 4.68. The van der Waals surface area contributed by atoms with Gasteiger partial charge < -0.3 is 10.0 Å². The van der Waals surface area contributed by atoms with Gasteiger partial charge in [0, 0.05) is 44.4 Å². The Labute approximate surface area is 196 Å². The van der Waals surface area contributed by atoms with Gasteiger partial charge in [-0.2, -0.15) is 5.10 Å². The van der Waals surface area contributed by atoms with Crippen molar-refractivity contribution in [2.75, 3.05) is 39.3 Å². The van der Waals surface area contributed by atoms with Crippen LogP contribution in [0.2, 0.25) is 0 Å². The molecule has 3 rings (SSSR count). The van der Waals surface area contributed by atoms with Crippen LogP contribution < -0.4 is 0 Å². The van der Waals surface area contributed by atoms with Gasteiger partial charge in [0.05, 0.1) is 6.54 Å². The molecular weight excluding hydrogens is 424 g/mol. The lowest BCUT2D eigenvalue weighted by Gasteiger charge is -2.39. The van der Waals surface area contributed by atoms with Crippen molar-refractivity contribution in [2.45, 2.75) is 70.4 Å². The van der Waals surface area contributed by atoms with Gasteiger partial charge in [0.25, 0.3) is 0 Å². The van der Waals surface area contributed by atoms with Crippen molar-refractivity contribution in [3.05, 3.63) is 48.1 Å². The van der Waals surface area contributed by atoms with Crippen molar-refractivity contribution < 1.29 is 13.9 Å². The van der Waals surface area contributed by atoms with E-state index in [1.807, 2.05) is 0 Å². The molecule has 0 aliphatic carbocycles. The number of β-amino-alcohol motifs (C(OH)–C–C–N with tert-alkyl or cyclic N) is 1. The molecule has 1 atom stereocenters. The highest BCUT2D eigenvalue weighted by Crippen LogP contribution is 2.28. The topological polar surface area (TPSA) is 57.4 Å². The monoisotopic (exact) mass is 463 g/mol. The molecular formula is C25H39F2N5O. The number of hydrogen-bond acceptors (Lipinski definition) is 5. The molecule has 1 unspecified atom stereocenters. The predicted octanol–water partition coefficient (Wildman–Crippen LogP) is 4.20. The van der Waals surface area contributed by atoms with E-state index < -0.39 is 17.2 Å². The number of aromatic nitrogens is 3. The third-order valence-corrected chi connectivity index (χ3v) is 6.60. The van der Waals surface area contributed by atoms with Crippen molar-refractivity contribution in [1.29, 1.82) is 0 Å². The average molecular weight is 464 g/mol. The maximum absolute atomic E-state index is 14.6. The SMILES string of the molecule is CCCCCCCCCCN1CCN(CC(O)(Cn2cncn2)c2ccc(F)cc2F)CC1. The number of benzene rings is 1. The molecule has 1 aliphatic heterocycles. The minimum atomic E-state index is -1.54. The first-order valence-electron chi connectivity index (χ1n) is 12.5. The van der Waals surface area contributed by atoms with E-state index in [9.17, 15) is 13.9 Å². The Kier molecular flexibility index (Phi) is 10.2. The smallest absolute Gasteiger partial charge is 0.137 e. The third-order valence-electron chi connectivity index (χ3n) is 6.60. The first kappa shape index (κ1) is 25.7. The number of hydrogen-bond donors (Lipinski definition) is 1. The van der Waals surface area contributed by atoms with Crippen molar-refractivity contribution in [3.63, 3.8) is 0 Å². The minimum absolute atomic E-state index is 0.0496. The molecule has 2 aromatic rings. The van der Waals surface area contributed by atoms with Gasteiger partial charge >= 0.3 is 0 Å². The van der Waals surface area contributed by atoms with E-state index >= 15 is 0 Å². The number of halogens is 2. The molecule has 1 saturated heterocycles. The second-order valence-corrected chi connectivity index (χ2v) is 9.34. The van der Waals surface area contributed by atoms with Crippen LogP contribution in [-0.2, 0) is 12.1 Å². The number of nitrogens with zero attached hydrogens (tertiary/aromatic N) is 5. The molecule has 1 fully saturated rings. The Morgan fingerprint density at radius 2 is 1.58 bits per heavy atom. The van der Waals surface area contributed by atoms with E-state index in [2.05, 4.69) is 26.8 Å². The maximum atomic E-state index is 14.6. The molecule has 184 valence electrons. The first-order valence-corrected chi connectivity index (χ1v) is 12.5. The molecule has 1 N–H and O–H groups in total. The number of aliphatic hydroxyl groups is 1. The van der Waals surface area contributed by atoms with Crippen LogP contribution in [0.15, 0.2) is 30.9 Å². The van der Waals surface area contributed by atoms with Crippen LogP contribution in [0.5, 0.6) is 0 Å². The Bertz CT molecular complexity index is 811. The van der Waals surface area contributed by atoms with E-state index in [0.29, 0.717) is 0 Å². The molecule has 6 nitrogen and oxygen atoms in total. The highest BCUT2D eigenvalue weighted by molar-refractivity contribution is 5.25. The summed E-state index contributed by atoms with van der Waals surface area (Å²) in [5, 5.41) is 15.6. The molecule has 1 aliphatic rings. The Morgan fingerprint density at radius 1 is 0.909 bits per heavy atom. The standard InChI is InChI=1S/C25H39F2N5O/c1-2-3-4-5-6-7-8-9-12-30-13-15-31(16-14-30)18-25(33,19-32-21-28-20-29-32)23-11-10-22(26)17-24(23)27/h10-11,17,20-21,33H,2-9,12-16,18-19H2,1H3. The van der Waals surface area contributed by atoms with Gasteiger partial charge in [0.1, 0.15) is 29.9 Å². The lowest BCUT2D eigenvalue weighted by Crippen LogP contribution is -2.52. The summed E-state index contributed by atoms with van der Waals surface area (Å²) in [5.74, 6) is -1.40. The van der Waals surface area contributed by atoms with Crippen LogP contribution >= 0.6 is 0 Å². The number of unbranched alkanes of at least 4 members (excludes halogenated alkanes) is 7. The summed E-state index contributed by atoms with van der Waals surface area (Å²) in [6.45, 7) is 7.13.